The van der Waals surface area contributed by atoms with Gasteiger partial charge in [0.1, 0.15) is 0 Å². The van der Waals surface area contributed by atoms with Crippen LogP contribution in [-0.2, 0) is 16.2 Å². The van der Waals surface area contributed by atoms with E-state index >= 15 is 0 Å². The fourth-order valence-electron chi connectivity index (χ4n) is 3.46. The van der Waals surface area contributed by atoms with E-state index in [9.17, 15) is 21.6 Å². The number of nitrogens with one attached hydrogen (secondary N) is 1. The van der Waals surface area contributed by atoms with E-state index < -0.39 is 21.8 Å². The summed E-state index contributed by atoms with van der Waals surface area (Å²) in [5.74, 6) is 0. The molecule has 1 N–H and O–H groups in total. The maximum Gasteiger partial charge on any atom is 0.416 e. The smallest absolute Gasteiger partial charge is 0.369 e. The summed E-state index contributed by atoms with van der Waals surface area (Å²) in [6.07, 6.45) is -3.88. The molecule has 0 aliphatic carbocycles. The molecule has 0 saturated carbocycles. The molecule has 1 fully saturated rings. The molecule has 1 heterocycles. The molecule has 1 aliphatic heterocycles. The first-order valence-electron chi connectivity index (χ1n) is 9.87. The van der Waals surface area contributed by atoms with Gasteiger partial charge in [0.15, 0.2) is 0 Å². The Morgan fingerprint density at radius 2 is 1.57 bits per heavy atom. The van der Waals surface area contributed by atoms with Crippen molar-refractivity contribution in [1.29, 1.82) is 0 Å². The molecule has 2 aromatic carbocycles. The number of sulfonamides is 1. The van der Waals surface area contributed by atoms with Crippen molar-refractivity contribution in [2.75, 3.05) is 37.6 Å². The first-order chi connectivity index (χ1) is 14.1. The minimum atomic E-state index is -4.49. The summed E-state index contributed by atoms with van der Waals surface area (Å²) in [5.41, 5.74) is 0.332. The van der Waals surface area contributed by atoms with Crippen molar-refractivity contribution < 1.29 is 21.6 Å². The first kappa shape index (κ1) is 22.6. The molecule has 9 heteroatoms. The fraction of sp³-hybridized carbons (Fsp3) is 0.429. The van der Waals surface area contributed by atoms with Crippen LogP contribution in [0.3, 0.4) is 0 Å². The van der Waals surface area contributed by atoms with Gasteiger partial charge >= 0.3 is 6.18 Å². The lowest BCUT2D eigenvalue weighted by Crippen LogP contribution is -2.47. The van der Waals surface area contributed by atoms with Crippen molar-refractivity contribution in [3.63, 3.8) is 0 Å². The summed E-state index contributed by atoms with van der Waals surface area (Å²) in [6.45, 7) is 6.13. The Morgan fingerprint density at radius 1 is 0.967 bits per heavy atom. The summed E-state index contributed by atoms with van der Waals surface area (Å²) >= 11 is 0. The van der Waals surface area contributed by atoms with Gasteiger partial charge in [0.2, 0.25) is 10.0 Å². The molecule has 30 heavy (non-hydrogen) atoms. The average molecular weight is 442 g/mol. The van der Waals surface area contributed by atoms with Crippen molar-refractivity contribution in [2.24, 2.45) is 0 Å². The predicted molar refractivity (Wildman–Crippen MR) is 111 cm³/mol. The molecule has 2 aromatic rings. The van der Waals surface area contributed by atoms with E-state index in [0.717, 1.165) is 57.0 Å². The highest BCUT2D eigenvalue weighted by Crippen LogP contribution is 2.29. The zero-order valence-electron chi connectivity index (χ0n) is 16.8. The molecular weight excluding hydrogens is 415 g/mol. The Bertz CT molecular complexity index is 911. The van der Waals surface area contributed by atoms with Crippen LogP contribution in [0.25, 0.3) is 0 Å². The summed E-state index contributed by atoms with van der Waals surface area (Å²) in [6, 6.07) is 13.4. The monoisotopic (exact) mass is 441 g/mol. The van der Waals surface area contributed by atoms with Gasteiger partial charge in [0.05, 0.1) is 10.5 Å². The van der Waals surface area contributed by atoms with Gasteiger partial charge in [-0.05, 0) is 56.3 Å². The van der Waals surface area contributed by atoms with E-state index in [4.69, 9.17) is 0 Å². The van der Waals surface area contributed by atoms with Crippen LogP contribution in [0.2, 0.25) is 0 Å². The molecule has 1 atom stereocenters. The molecule has 1 saturated heterocycles. The highest BCUT2D eigenvalue weighted by atomic mass is 32.2. The zero-order chi connectivity index (χ0) is 21.8. The molecule has 5 nitrogen and oxygen atoms in total. The molecule has 3 rings (SSSR count). The number of piperazine rings is 1. The third-order valence-corrected chi connectivity index (χ3v) is 6.83. The maximum atomic E-state index is 12.7. The van der Waals surface area contributed by atoms with Crippen molar-refractivity contribution in [3.05, 3.63) is 60.2 Å². The molecule has 0 amide bonds. The number of para-hydroxylation sites is 1. The number of anilines is 1. The lowest BCUT2D eigenvalue weighted by atomic mass is 10.2. The van der Waals surface area contributed by atoms with Crippen LogP contribution in [0.15, 0.2) is 59.5 Å². The molecule has 0 aromatic heterocycles. The van der Waals surface area contributed by atoms with Gasteiger partial charge in [-0.25, -0.2) is 13.1 Å². The molecular formula is C21H26F3N3O2S. The van der Waals surface area contributed by atoms with Crippen LogP contribution in [0.4, 0.5) is 18.9 Å². The summed E-state index contributed by atoms with van der Waals surface area (Å²) in [4.78, 5) is 4.45. The van der Waals surface area contributed by atoms with Gasteiger partial charge in [-0.1, -0.05) is 18.2 Å². The van der Waals surface area contributed by atoms with E-state index in [2.05, 4.69) is 26.7 Å². The largest absolute Gasteiger partial charge is 0.416 e. The van der Waals surface area contributed by atoms with Crippen LogP contribution in [0.1, 0.15) is 18.9 Å². The summed E-state index contributed by atoms with van der Waals surface area (Å²) in [5, 5.41) is 0. The minimum Gasteiger partial charge on any atom is -0.369 e. The number of hydrogen-bond acceptors (Lipinski definition) is 4. The average Bonchev–Trinajstić information content (AvgIpc) is 2.72. The van der Waals surface area contributed by atoms with E-state index in [1.165, 1.54) is 5.69 Å². The quantitative estimate of drug-likeness (QED) is 0.714. The number of alkyl halides is 3. The Morgan fingerprint density at radius 3 is 2.13 bits per heavy atom. The molecule has 0 spiro atoms. The number of hydrogen-bond donors (Lipinski definition) is 1. The van der Waals surface area contributed by atoms with Crippen LogP contribution in [0.5, 0.6) is 0 Å². The van der Waals surface area contributed by atoms with Gasteiger partial charge in [0, 0.05) is 37.9 Å². The van der Waals surface area contributed by atoms with Crippen molar-refractivity contribution >= 4 is 15.7 Å². The Hall–Kier alpha value is -2.10. The molecule has 0 radical (unpaired) electrons. The van der Waals surface area contributed by atoms with Gasteiger partial charge in [-0.3, -0.25) is 4.90 Å². The molecule has 0 bridgehead atoms. The maximum absolute atomic E-state index is 12.7. The predicted octanol–water partition coefficient (Wildman–Crippen LogP) is 3.58. The standard InChI is InChI=1S/C21H26F3N3O2S/c1-17(25-30(28,29)20-9-7-18(8-10-20)21(22,23)24)11-12-26-13-15-27(16-14-26)19-5-3-2-4-6-19/h2-10,17,25H,11-16H2,1H3/t17-/m1/s1. The van der Waals surface area contributed by atoms with Gasteiger partial charge in [-0.15, -0.1) is 0 Å². The SMILES string of the molecule is C[C@H](CCN1CCN(c2ccccc2)CC1)NS(=O)(=O)c1ccc(C(F)(F)F)cc1. The van der Waals surface area contributed by atoms with Crippen LogP contribution >= 0.6 is 0 Å². The van der Waals surface area contributed by atoms with E-state index in [-0.39, 0.29) is 10.9 Å². The van der Waals surface area contributed by atoms with Crippen molar-refractivity contribution in [1.82, 2.24) is 9.62 Å². The van der Waals surface area contributed by atoms with E-state index in [1.54, 1.807) is 6.92 Å². The van der Waals surface area contributed by atoms with Gasteiger partial charge in [0.25, 0.3) is 0 Å². The Balaban J connectivity index is 1.47. The second-order valence-corrected chi connectivity index (χ2v) is 9.21. The number of nitrogens with zero attached hydrogens (tertiary/aromatic N) is 2. The van der Waals surface area contributed by atoms with Crippen LogP contribution < -0.4 is 9.62 Å². The fourth-order valence-corrected chi connectivity index (χ4v) is 4.74. The summed E-state index contributed by atoms with van der Waals surface area (Å²) in [7, 11) is -3.86. The minimum absolute atomic E-state index is 0.168. The van der Waals surface area contributed by atoms with Crippen molar-refractivity contribution in [2.45, 2.75) is 30.5 Å². The van der Waals surface area contributed by atoms with E-state index in [1.807, 2.05) is 18.2 Å². The van der Waals surface area contributed by atoms with Gasteiger partial charge in [-0.2, -0.15) is 13.2 Å². The Labute approximate surface area is 175 Å². The third kappa shape index (κ3) is 5.96. The second-order valence-electron chi connectivity index (χ2n) is 7.50. The number of halogens is 3. The highest BCUT2D eigenvalue weighted by Gasteiger charge is 2.30. The first-order valence-corrected chi connectivity index (χ1v) is 11.4. The van der Waals surface area contributed by atoms with Gasteiger partial charge < -0.3 is 4.90 Å². The van der Waals surface area contributed by atoms with Crippen LogP contribution in [0, 0.1) is 0 Å². The normalized spacial score (nSPS) is 17.1. The Kier molecular flexibility index (Phi) is 7.05. The lowest BCUT2D eigenvalue weighted by Gasteiger charge is -2.36. The highest BCUT2D eigenvalue weighted by molar-refractivity contribution is 7.89. The zero-order valence-corrected chi connectivity index (χ0v) is 17.6. The topological polar surface area (TPSA) is 52.6 Å². The number of benzene rings is 2. The lowest BCUT2D eigenvalue weighted by molar-refractivity contribution is -0.137. The second kappa shape index (κ2) is 9.36. The molecule has 0 unspecified atom stereocenters. The molecule has 1 aliphatic rings. The van der Waals surface area contributed by atoms with Crippen LogP contribution in [-0.4, -0.2) is 52.1 Å². The van der Waals surface area contributed by atoms with E-state index in [0.29, 0.717) is 6.42 Å². The third-order valence-electron chi connectivity index (χ3n) is 5.22. The summed E-state index contributed by atoms with van der Waals surface area (Å²) < 4.78 is 65.4. The molecule has 164 valence electrons. The van der Waals surface area contributed by atoms with Crippen molar-refractivity contribution in [3.8, 4) is 0 Å². The number of rotatable bonds is 7.